The van der Waals surface area contributed by atoms with Crippen LogP contribution in [0.15, 0.2) is 24.3 Å². The van der Waals surface area contributed by atoms with Crippen LogP contribution in [0.25, 0.3) is 0 Å². The average molecular weight is 291 g/mol. The zero-order valence-electron chi connectivity index (χ0n) is 13.4. The highest BCUT2D eigenvalue weighted by Crippen LogP contribution is 2.32. The lowest BCUT2D eigenvalue weighted by Gasteiger charge is -2.27. The summed E-state index contributed by atoms with van der Waals surface area (Å²) in [7, 11) is 1.91. The molecule has 0 aromatic heterocycles. The first-order valence-corrected chi connectivity index (χ1v) is 8.18. The number of hydrogen-bond donors (Lipinski definition) is 2. The molecule has 0 saturated carbocycles. The number of likely N-dealkylation sites (N-methyl/N-ethyl adjacent to an activating group) is 1. The summed E-state index contributed by atoms with van der Waals surface area (Å²) in [6.45, 7) is 3.05. The molecule has 0 radical (unpaired) electrons. The molecule has 2 N–H and O–H groups in total. The monoisotopic (exact) mass is 291 g/mol. The quantitative estimate of drug-likeness (QED) is 0.723. The smallest absolute Gasteiger partial charge is 0.0827 e. The third kappa shape index (κ3) is 4.53. The molecule has 1 aliphatic rings. The second-order valence-electron chi connectivity index (χ2n) is 6.38. The highest BCUT2D eigenvalue weighted by atomic mass is 16.5. The Kier molecular flexibility index (Phi) is 6.22. The van der Waals surface area contributed by atoms with Crippen molar-refractivity contribution >= 4 is 0 Å². The van der Waals surface area contributed by atoms with E-state index in [1.807, 2.05) is 7.05 Å². The largest absolute Gasteiger partial charge is 0.394 e. The first-order valence-electron chi connectivity index (χ1n) is 8.18. The molecule has 0 bridgehead atoms. The Morgan fingerprint density at radius 3 is 2.90 bits per heavy atom. The van der Waals surface area contributed by atoms with Crippen LogP contribution in [0.4, 0.5) is 0 Å². The van der Waals surface area contributed by atoms with E-state index in [2.05, 4.69) is 36.5 Å². The Balaban J connectivity index is 1.73. The maximum absolute atomic E-state index is 9.36. The number of hydrogen-bond acceptors (Lipinski definition) is 3. The van der Waals surface area contributed by atoms with E-state index in [0.29, 0.717) is 0 Å². The maximum Gasteiger partial charge on any atom is 0.0827 e. The number of aliphatic hydroxyl groups excluding tert-OH is 1. The van der Waals surface area contributed by atoms with Crippen molar-refractivity contribution in [2.75, 3.05) is 20.3 Å². The van der Waals surface area contributed by atoms with E-state index in [1.165, 1.54) is 24.0 Å². The van der Waals surface area contributed by atoms with E-state index in [9.17, 15) is 5.11 Å². The van der Waals surface area contributed by atoms with Gasteiger partial charge in [0.25, 0.3) is 0 Å². The van der Waals surface area contributed by atoms with Gasteiger partial charge in [0, 0.05) is 12.1 Å². The number of nitrogens with one attached hydrogen (secondary N) is 1. The summed E-state index contributed by atoms with van der Waals surface area (Å²) in [6.07, 6.45) is 6.94. The highest BCUT2D eigenvalue weighted by molar-refractivity contribution is 5.31. The van der Waals surface area contributed by atoms with Gasteiger partial charge in [-0.05, 0) is 63.6 Å². The summed E-state index contributed by atoms with van der Waals surface area (Å²) in [5, 5.41) is 12.6. The van der Waals surface area contributed by atoms with E-state index in [0.717, 1.165) is 32.3 Å². The normalized spacial score (nSPS) is 20.8. The van der Waals surface area contributed by atoms with Gasteiger partial charge in [-0.2, -0.15) is 0 Å². The molecule has 21 heavy (non-hydrogen) atoms. The minimum atomic E-state index is -0.155. The molecule has 2 rings (SSSR count). The molecule has 1 aliphatic carbocycles. The Morgan fingerprint density at radius 2 is 2.14 bits per heavy atom. The second-order valence-corrected chi connectivity index (χ2v) is 6.38. The van der Waals surface area contributed by atoms with Crippen LogP contribution in [0.5, 0.6) is 0 Å². The molecule has 1 aromatic rings. The molecule has 0 amide bonds. The summed E-state index contributed by atoms with van der Waals surface area (Å²) >= 11 is 0. The number of aryl methyl sites for hydroxylation is 1. The summed E-state index contributed by atoms with van der Waals surface area (Å²) in [5.74, 6) is 0. The van der Waals surface area contributed by atoms with E-state index >= 15 is 0 Å². The molecule has 3 nitrogen and oxygen atoms in total. The fraction of sp³-hybridized carbons (Fsp3) is 0.667. The van der Waals surface area contributed by atoms with Crippen molar-refractivity contribution in [3.8, 4) is 0 Å². The molecule has 2 unspecified atom stereocenters. The van der Waals surface area contributed by atoms with Crippen molar-refractivity contribution in [1.82, 2.24) is 5.32 Å². The first kappa shape index (κ1) is 16.5. The van der Waals surface area contributed by atoms with Gasteiger partial charge in [-0.25, -0.2) is 0 Å². The van der Waals surface area contributed by atoms with Crippen molar-refractivity contribution in [3.63, 3.8) is 0 Å². The van der Waals surface area contributed by atoms with Crippen LogP contribution in [0.2, 0.25) is 0 Å². The molecular formula is C18H29NO2. The summed E-state index contributed by atoms with van der Waals surface area (Å²) in [5.41, 5.74) is 2.69. The van der Waals surface area contributed by atoms with Crippen molar-refractivity contribution in [2.45, 2.75) is 57.1 Å². The van der Waals surface area contributed by atoms with Crippen LogP contribution in [-0.2, 0) is 11.2 Å². The van der Waals surface area contributed by atoms with Gasteiger partial charge in [-0.1, -0.05) is 24.3 Å². The molecular weight excluding hydrogens is 262 g/mol. The molecule has 118 valence electrons. The number of ether oxygens (including phenoxy) is 1. The molecule has 0 saturated heterocycles. The van der Waals surface area contributed by atoms with Gasteiger partial charge in [-0.15, -0.1) is 0 Å². The molecule has 0 fully saturated rings. The van der Waals surface area contributed by atoms with Gasteiger partial charge >= 0.3 is 0 Å². The average Bonchev–Trinajstić information content (AvgIpc) is 2.54. The molecule has 0 spiro atoms. The van der Waals surface area contributed by atoms with Crippen molar-refractivity contribution in [3.05, 3.63) is 35.4 Å². The van der Waals surface area contributed by atoms with Gasteiger partial charge in [0.2, 0.25) is 0 Å². The van der Waals surface area contributed by atoms with Crippen LogP contribution in [-0.4, -0.2) is 30.9 Å². The van der Waals surface area contributed by atoms with Gasteiger partial charge in [0.1, 0.15) is 0 Å². The third-order valence-corrected chi connectivity index (χ3v) is 4.71. The summed E-state index contributed by atoms with van der Waals surface area (Å²) in [6, 6.07) is 8.67. The van der Waals surface area contributed by atoms with E-state index in [-0.39, 0.29) is 18.2 Å². The lowest BCUT2D eigenvalue weighted by atomic mass is 9.89. The predicted molar refractivity (Wildman–Crippen MR) is 86.5 cm³/mol. The Morgan fingerprint density at radius 1 is 1.33 bits per heavy atom. The number of unbranched alkanes of at least 4 members (excludes halogenated alkanes) is 1. The Hall–Kier alpha value is -0.900. The lowest BCUT2D eigenvalue weighted by molar-refractivity contribution is 0.0369. The van der Waals surface area contributed by atoms with Crippen molar-refractivity contribution in [2.24, 2.45) is 0 Å². The van der Waals surface area contributed by atoms with Gasteiger partial charge in [0.15, 0.2) is 0 Å². The first-order chi connectivity index (χ1) is 10.2. The third-order valence-electron chi connectivity index (χ3n) is 4.71. The molecule has 1 aromatic carbocycles. The minimum absolute atomic E-state index is 0.155. The molecule has 3 heteroatoms. The molecule has 0 aliphatic heterocycles. The summed E-state index contributed by atoms with van der Waals surface area (Å²) < 4.78 is 6.11. The van der Waals surface area contributed by atoms with E-state index in [1.54, 1.807) is 0 Å². The highest BCUT2D eigenvalue weighted by Gasteiger charge is 2.21. The zero-order valence-corrected chi connectivity index (χ0v) is 13.4. The SMILES string of the molecule is CNC(C)(CO)CCCCOC1CCCc2ccccc21. The van der Waals surface area contributed by atoms with Crippen LogP contribution in [0.1, 0.15) is 56.3 Å². The maximum atomic E-state index is 9.36. The molecule has 2 atom stereocenters. The standard InChI is InChI=1S/C18H29NO2/c1-18(14-20,19-2)12-5-6-13-21-17-11-7-9-15-8-3-4-10-16(15)17/h3-4,8,10,17,19-20H,5-7,9,11-14H2,1-2H3. The van der Waals surface area contributed by atoms with Gasteiger partial charge in [-0.3, -0.25) is 0 Å². The van der Waals surface area contributed by atoms with Crippen molar-refractivity contribution < 1.29 is 9.84 Å². The van der Waals surface area contributed by atoms with Gasteiger partial charge < -0.3 is 15.2 Å². The minimum Gasteiger partial charge on any atom is -0.394 e. The Bertz CT molecular complexity index is 429. The van der Waals surface area contributed by atoms with E-state index < -0.39 is 0 Å². The topological polar surface area (TPSA) is 41.5 Å². The fourth-order valence-corrected chi connectivity index (χ4v) is 3.01. The number of rotatable bonds is 8. The van der Waals surface area contributed by atoms with Crippen molar-refractivity contribution in [1.29, 1.82) is 0 Å². The number of benzene rings is 1. The number of aliphatic hydroxyl groups is 1. The van der Waals surface area contributed by atoms with Crippen LogP contribution in [0.3, 0.4) is 0 Å². The fourth-order valence-electron chi connectivity index (χ4n) is 3.01. The second kappa shape index (κ2) is 7.92. The Labute approximate surface area is 128 Å². The molecule has 0 heterocycles. The lowest BCUT2D eigenvalue weighted by Crippen LogP contribution is -2.43. The van der Waals surface area contributed by atoms with Gasteiger partial charge in [0.05, 0.1) is 12.7 Å². The van der Waals surface area contributed by atoms with Crippen LogP contribution in [0, 0.1) is 0 Å². The summed E-state index contributed by atoms with van der Waals surface area (Å²) in [4.78, 5) is 0. The van der Waals surface area contributed by atoms with Crippen LogP contribution < -0.4 is 5.32 Å². The predicted octanol–water partition coefficient (Wildman–Crippen LogP) is 3.22. The number of fused-ring (bicyclic) bond motifs is 1. The van der Waals surface area contributed by atoms with Crippen LogP contribution >= 0.6 is 0 Å². The van der Waals surface area contributed by atoms with E-state index in [4.69, 9.17) is 4.74 Å². The zero-order chi connectivity index (χ0) is 15.1.